The van der Waals surface area contributed by atoms with E-state index in [9.17, 15) is 25.2 Å². The van der Waals surface area contributed by atoms with Crippen LogP contribution in [0.15, 0.2) is 48.6 Å². The van der Waals surface area contributed by atoms with Crippen molar-refractivity contribution >= 4 is 5.91 Å². The van der Waals surface area contributed by atoms with Crippen LogP contribution in [0.5, 0.6) is 0 Å². The van der Waals surface area contributed by atoms with Gasteiger partial charge in [-0.3, -0.25) is 4.79 Å². The Balaban J connectivity index is 3.57. The SMILES string of the molecule is CCCCCCCCCC/C=C/CC/C=C/CC/C=C/CCCC(O)C(O)C(CO)NC(=O)C(O)CCCCCCCCCCCCCCCCCC/C=C\CCCCCCCCCCCCCCCCCCCC. The van der Waals surface area contributed by atoms with E-state index in [-0.39, 0.29) is 0 Å². The molecule has 0 radical (unpaired) electrons. The number of rotatable bonds is 62. The maximum atomic E-state index is 12.6. The monoisotopic (exact) mass is 1050 g/mol. The second-order valence-electron chi connectivity index (χ2n) is 23.1. The first-order chi connectivity index (χ1) is 37.0. The van der Waals surface area contributed by atoms with Gasteiger partial charge in [-0.05, 0) is 89.9 Å². The number of carbonyl (C=O) groups excluding carboxylic acids is 1. The van der Waals surface area contributed by atoms with Gasteiger partial charge >= 0.3 is 0 Å². The summed E-state index contributed by atoms with van der Waals surface area (Å²) in [5.41, 5.74) is 0. The van der Waals surface area contributed by atoms with Gasteiger partial charge in [0.1, 0.15) is 12.2 Å². The highest BCUT2D eigenvalue weighted by Crippen LogP contribution is 2.18. The topological polar surface area (TPSA) is 110 Å². The lowest BCUT2D eigenvalue weighted by Gasteiger charge is -2.27. The second-order valence-corrected chi connectivity index (χ2v) is 23.1. The zero-order chi connectivity index (χ0) is 54.4. The molecule has 0 aromatic rings. The van der Waals surface area contributed by atoms with E-state index in [0.717, 1.165) is 51.4 Å². The van der Waals surface area contributed by atoms with Crippen LogP contribution in [0.4, 0.5) is 0 Å². The van der Waals surface area contributed by atoms with Crippen LogP contribution < -0.4 is 5.32 Å². The molecule has 4 atom stereocenters. The maximum Gasteiger partial charge on any atom is 0.249 e. The van der Waals surface area contributed by atoms with E-state index in [4.69, 9.17) is 0 Å². The summed E-state index contributed by atoms with van der Waals surface area (Å²) < 4.78 is 0. The van der Waals surface area contributed by atoms with Crippen molar-refractivity contribution in [1.82, 2.24) is 5.32 Å². The van der Waals surface area contributed by atoms with E-state index < -0.39 is 36.9 Å². The number of unbranched alkanes of at least 4 members (excludes halogenated alkanes) is 45. The summed E-state index contributed by atoms with van der Waals surface area (Å²) in [5, 5.41) is 44.1. The quantitative estimate of drug-likeness (QED) is 0.0308. The smallest absolute Gasteiger partial charge is 0.249 e. The highest BCUT2D eigenvalue weighted by atomic mass is 16.3. The Morgan fingerprint density at radius 2 is 0.560 bits per heavy atom. The van der Waals surface area contributed by atoms with Crippen molar-refractivity contribution in [2.75, 3.05) is 6.61 Å². The molecular formula is C69H131NO5. The van der Waals surface area contributed by atoms with E-state index in [1.807, 2.05) is 0 Å². The third-order valence-corrected chi connectivity index (χ3v) is 15.7. The number of nitrogens with one attached hydrogen (secondary N) is 1. The zero-order valence-corrected chi connectivity index (χ0v) is 50.3. The van der Waals surface area contributed by atoms with Gasteiger partial charge in [0.2, 0.25) is 5.91 Å². The Labute approximate surface area is 468 Å². The molecule has 75 heavy (non-hydrogen) atoms. The molecule has 0 saturated carbocycles. The van der Waals surface area contributed by atoms with Gasteiger partial charge in [-0.2, -0.15) is 0 Å². The summed E-state index contributed by atoms with van der Waals surface area (Å²) in [5.74, 6) is -0.595. The Kier molecular flexibility index (Phi) is 61.6. The lowest BCUT2D eigenvalue weighted by atomic mass is 10.00. The summed E-state index contributed by atoms with van der Waals surface area (Å²) in [6.45, 7) is 4.07. The number of hydrogen-bond acceptors (Lipinski definition) is 5. The molecule has 1 amide bonds. The fourth-order valence-corrected chi connectivity index (χ4v) is 10.5. The summed E-state index contributed by atoms with van der Waals surface area (Å²) in [6.07, 6.45) is 82.3. The summed E-state index contributed by atoms with van der Waals surface area (Å²) in [7, 11) is 0. The lowest BCUT2D eigenvalue weighted by Crippen LogP contribution is -2.53. The van der Waals surface area contributed by atoms with Crippen molar-refractivity contribution < 1.29 is 25.2 Å². The van der Waals surface area contributed by atoms with Gasteiger partial charge in [0.15, 0.2) is 0 Å². The molecule has 0 bridgehead atoms. The number of amides is 1. The largest absolute Gasteiger partial charge is 0.394 e. The van der Waals surface area contributed by atoms with Crippen LogP contribution in [0, 0.1) is 0 Å². The number of aliphatic hydroxyl groups excluding tert-OH is 4. The molecule has 442 valence electrons. The molecule has 0 rings (SSSR count). The predicted molar refractivity (Wildman–Crippen MR) is 330 cm³/mol. The fourth-order valence-electron chi connectivity index (χ4n) is 10.5. The van der Waals surface area contributed by atoms with Crippen molar-refractivity contribution in [2.45, 2.75) is 379 Å². The van der Waals surface area contributed by atoms with Gasteiger partial charge < -0.3 is 25.7 Å². The van der Waals surface area contributed by atoms with Gasteiger partial charge in [0.05, 0.1) is 18.8 Å². The molecule has 0 fully saturated rings. The molecule has 0 heterocycles. The second kappa shape index (κ2) is 63.1. The first-order valence-corrected chi connectivity index (χ1v) is 33.5. The molecule has 0 aliphatic heterocycles. The Morgan fingerprint density at radius 3 is 0.840 bits per heavy atom. The molecule has 0 aromatic carbocycles. The normalized spacial score (nSPS) is 13.8. The fraction of sp³-hybridized carbons (Fsp3) is 0.870. The van der Waals surface area contributed by atoms with Crippen molar-refractivity contribution in [3.8, 4) is 0 Å². The lowest BCUT2D eigenvalue weighted by molar-refractivity contribution is -0.132. The van der Waals surface area contributed by atoms with E-state index in [2.05, 4.69) is 67.8 Å². The highest BCUT2D eigenvalue weighted by Gasteiger charge is 2.28. The highest BCUT2D eigenvalue weighted by molar-refractivity contribution is 5.80. The molecular weight excluding hydrogens is 923 g/mol. The molecule has 0 spiro atoms. The van der Waals surface area contributed by atoms with Crippen molar-refractivity contribution in [3.63, 3.8) is 0 Å². The minimum absolute atomic E-state index is 0.360. The minimum atomic E-state index is -1.30. The molecule has 4 unspecified atom stereocenters. The summed E-state index contributed by atoms with van der Waals surface area (Å²) in [6, 6.07) is -1.01. The van der Waals surface area contributed by atoms with Gasteiger partial charge in [-0.25, -0.2) is 0 Å². The average Bonchev–Trinajstić information content (AvgIpc) is 3.42. The number of allylic oxidation sites excluding steroid dienone is 8. The van der Waals surface area contributed by atoms with Crippen LogP contribution in [0.1, 0.15) is 354 Å². The van der Waals surface area contributed by atoms with Crippen LogP contribution >= 0.6 is 0 Å². The van der Waals surface area contributed by atoms with Crippen LogP contribution in [0.2, 0.25) is 0 Å². The standard InChI is InChI=1S/C69H131NO5/c1-3-5-7-9-11-13-15-17-19-21-23-25-26-27-28-29-30-31-32-33-34-35-36-37-38-39-40-41-43-45-47-49-51-53-55-57-59-61-63-67(73)69(75)70-65(64-71)68(74)66(72)62-60-58-56-54-52-50-48-46-44-42-24-22-20-18-16-14-12-10-8-6-4-2/h22,24,33-34,46,48,54,56,65-68,71-74H,3-21,23,25-32,35-45,47,49-53,55,57-64H2,1-2H3,(H,70,75)/b24-22+,34-33-,48-46+,56-54+. The van der Waals surface area contributed by atoms with Gasteiger partial charge in [0.25, 0.3) is 0 Å². The van der Waals surface area contributed by atoms with Crippen LogP contribution in [0.3, 0.4) is 0 Å². The van der Waals surface area contributed by atoms with Crippen molar-refractivity contribution in [1.29, 1.82) is 0 Å². The van der Waals surface area contributed by atoms with E-state index >= 15 is 0 Å². The van der Waals surface area contributed by atoms with E-state index in [1.165, 1.54) is 270 Å². The maximum absolute atomic E-state index is 12.6. The van der Waals surface area contributed by atoms with E-state index in [0.29, 0.717) is 19.3 Å². The molecule has 0 aliphatic carbocycles. The number of aliphatic hydroxyl groups is 4. The first kappa shape index (κ1) is 73.3. The Bertz CT molecular complexity index is 1230. The average molecular weight is 1050 g/mol. The molecule has 6 heteroatoms. The van der Waals surface area contributed by atoms with Gasteiger partial charge in [-0.1, -0.05) is 313 Å². The third kappa shape index (κ3) is 56.8. The molecule has 6 nitrogen and oxygen atoms in total. The molecule has 0 aliphatic rings. The predicted octanol–water partition coefficient (Wildman–Crippen LogP) is 20.5. The van der Waals surface area contributed by atoms with Gasteiger partial charge in [-0.15, -0.1) is 0 Å². The number of carbonyl (C=O) groups is 1. The third-order valence-electron chi connectivity index (χ3n) is 15.7. The molecule has 5 N–H and O–H groups in total. The first-order valence-electron chi connectivity index (χ1n) is 33.5. The van der Waals surface area contributed by atoms with Gasteiger partial charge in [0, 0.05) is 0 Å². The van der Waals surface area contributed by atoms with Crippen molar-refractivity contribution in [3.05, 3.63) is 48.6 Å². The molecule has 0 aromatic heterocycles. The zero-order valence-electron chi connectivity index (χ0n) is 50.3. The summed E-state index contributed by atoms with van der Waals surface area (Å²) >= 11 is 0. The Hall–Kier alpha value is -1.73. The van der Waals surface area contributed by atoms with Crippen LogP contribution in [-0.2, 0) is 4.79 Å². The molecule has 0 saturated heterocycles. The van der Waals surface area contributed by atoms with Crippen LogP contribution in [-0.4, -0.2) is 57.3 Å². The van der Waals surface area contributed by atoms with E-state index in [1.54, 1.807) is 0 Å². The van der Waals surface area contributed by atoms with Crippen LogP contribution in [0.25, 0.3) is 0 Å². The van der Waals surface area contributed by atoms with Crippen molar-refractivity contribution in [2.24, 2.45) is 0 Å². The number of hydrogen-bond donors (Lipinski definition) is 5. The minimum Gasteiger partial charge on any atom is -0.394 e. The summed E-state index contributed by atoms with van der Waals surface area (Å²) in [4.78, 5) is 12.6. The Morgan fingerprint density at radius 1 is 0.320 bits per heavy atom.